The Balaban J connectivity index is 4.80. The number of carbonyl (C=O) groups excluding carboxylic acids is 2. The zero-order valence-corrected chi connectivity index (χ0v) is 11.6. The normalized spacial score (nSPS) is 12.3. The van der Waals surface area contributed by atoms with E-state index in [0.29, 0.717) is 19.3 Å². The molecule has 0 saturated heterocycles. The van der Waals surface area contributed by atoms with E-state index in [1.54, 1.807) is 7.05 Å². The number of aliphatic carboxylic acids is 1. The van der Waals surface area contributed by atoms with Crippen molar-refractivity contribution in [3.05, 3.63) is 0 Å². The van der Waals surface area contributed by atoms with Gasteiger partial charge in [-0.2, -0.15) is 0 Å². The highest BCUT2D eigenvalue weighted by Gasteiger charge is 2.28. The Morgan fingerprint density at radius 1 is 1.22 bits per heavy atom. The monoisotopic (exact) mass is 257 g/mol. The third-order valence-corrected chi connectivity index (χ3v) is 2.72. The maximum absolute atomic E-state index is 11.9. The molecule has 0 fully saturated rings. The molecule has 18 heavy (non-hydrogen) atoms. The van der Waals surface area contributed by atoms with Gasteiger partial charge in [-0.25, -0.2) is 0 Å². The topological polar surface area (TPSA) is 74.7 Å². The molecule has 0 radical (unpaired) electrons. The first-order valence-corrected chi connectivity index (χ1v) is 6.29. The third kappa shape index (κ3) is 5.80. The number of carbonyl (C=O) groups is 3. The van der Waals surface area contributed by atoms with Gasteiger partial charge in [0, 0.05) is 13.5 Å². The molecule has 0 aliphatic carbocycles. The molecule has 0 aromatic rings. The Hall–Kier alpha value is -1.39. The quantitative estimate of drug-likeness (QED) is 0.672. The van der Waals surface area contributed by atoms with E-state index in [9.17, 15) is 14.4 Å². The third-order valence-electron chi connectivity index (χ3n) is 2.72. The minimum Gasteiger partial charge on any atom is -0.481 e. The first kappa shape index (κ1) is 16.6. The number of hydrogen-bond donors (Lipinski definition) is 1. The molecule has 0 spiro atoms. The molecule has 0 aliphatic heterocycles. The fourth-order valence-corrected chi connectivity index (χ4v) is 1.78. The van der Waals surface area contributed by atoms with Crippen molar-refractivity contribution in [2.75, 3.05) is 7.05 Å². The Morgan fingerprint density at radius 2 is 1.78 bits per heavy atom. The number of nitrogens with zero attached hydrogens (tertiary/aromatic N) is 1. The second-order valence-electron chi connectivity index (χ2n) is 4.94. The van der Waals surface area contributed by atoms with Crippen molar-refractivity contribution in [2.24, 2.45) is 5.92 Å². The van der Waals surface area contributed by atoms with Crippen LogP contribution < -0.4 is 0 Å². The summed E-state index contributed by atoms with van der Waals surface area (Å²) in [5.41, 5.74) is 0. The Bertz CT molecular complexity index is 312. The maximum atomic E-state index is 11.9. The van der Waals surface area contributed by atoms with Crippen LogP contribution in [0.1, 0.15) is 46.5 Å². The number of carboxylic acid groups (broad SMARTS) is 1. The fourth-order valence-electron chi connectivity index (χ4n) is 1.78. The van der Waals surface area contributed by atoms with Gasteiger partial charge < -0.3 is 10.0 Å². The number of ketones is 1. The number of likely N-dealkylation sites (N-methyl/N-ethyl adjacent to an activating group) is 1. The highest BCUT2D eigenvalue weighted by Crippen LogP contribution is 2.14. The number of rotatable bonds is 8. The van der Waals surface area contributed by atoms with Crippen molar-refractivity contribution in [1.29, 1.82) is 0 Å². The standard InChI is InChI=1S/C13H23NO4/c1-5-6-12(16)14(4)10(7-9(2)3)11(15)8-13(17)18/h9-10H,5-8H2,1-4H3,(H,17,18). The summed E-state index contributed by atoms with van der Waals surface area (Å²) in [6, 6.07) is -0.625. The summed E-state index contributed by atoms with van der Waals surface area (Å²) >= 11 is 0. The summed E-state index contributed by atoms with van der Waals surface area (Å²) < 4.78 is 0. The van der Waals surface area contributed by atoms with Crippen LogP contribution >= 0.6 is 0 Å². The van der Waals surface area contributed by atoms with E-state index < -0.39 is 24.2 Å². The first-order chi connectivity index (χ1) is 8.29. The summed E-state index contributed by atoms with van der Waals surface area (Å²) in [7, 11) is 1.57. The molecule has 1 N–H and O–H groups in total. The molecule has 104 valence electrons. The van der Waals surface area contributed by atoms with E-state index in [0.717, 1.165) is 0 Å². The molecule has 0 aromatic carbocycles. The molecule has 1 amide bonds. The summed E-state index contributed by atoms with van der Waals surface area (Å²) in [5.74, 6) is -1.43. The number of hydrogen-bond acceptors (Lipinski definition) is 3. The molecule has 1 unspecified atom stereocenters. The van der Waals surface area contributed by atoms with Crippen LogP contribution in [0.2, 0.25) is 0 Å². The van der Waals surface area contributed by atoms with E-state index in [2.05, 4.69) is 0 Å². The fraction of sp³-hybridized carbons (Fsp3) is 0.769. The predicted octanol–water partition coefficient (Wildman–Crippen LogP) is 1.70. The largest absolute Gasteiger partial charge is 0.481 e. The Kier molecular flexibility index (Phi) is 7.24. The molecular formula is C13H23NO4. The van der Waals surface area contributed by atoms with Gasteiger partial charge in [-0.3, -0.25) is 14.4 Å². The van der Waals surface area contributed by atoms with Gasteiger partial charge in [0.05, 0.1) is 6.04 Å². The maximum Gasteiger partial charge on any atom is 0.310 e. The first-order valence-electron chi connectivity index (χ1n) is 6.29. The van der Waals surface area contributed by atoms with E-state index in [-0.39, 0.29) is 11.8 Å². The summed E-state index contributed by atoms with van der Waals surface area (Å²) in [6.07, 6.45) is 1.06. The molecular weight excluding hydrogens is 234 g/mol. The van der Waals surface area contributed by atoms with Gasteiger partial charge in [0.15, 0.2) is 5.78 Å². The predicted molar refractivity (Wildman–Crippen MR) is 68.2 cm³/mol. The van der Waals surface area contributed by atoms with Crippen LogP contribution in [0.4, 0.5) is 0 Å². The Labute approximate surface area is 108 Å². The minimum absolute atomic E-state index is 0.109. The van der Waals surface area contributed by atoms with E-state index in [1.807, 2.05) is 20.8 Å². The molecule has 5 nitrogen and oxygen atoms in total. The lowest BCUT2D eigenvalue weighted by Crippen LogP contribution is -2.43. The minimum atomic E-state index is -1.15. The van der Waals surface area contributed by atoms with E-state index in [1.165, 1.54) is 4.90 Å². The van der Waals surface area contributed by atoms with Gasteiger partial charge in [0.2, 0.25) is 5.91 Å². The molecule has 1 atom stereocenters. The number of Topliss-reactive ketones (excluding diaryl/α,β-unsaturated/α-hetero) is 1. The SMILES string of the molecule is CCCC(=O)N(C)C(CC(C)C)C(=O)CC(=O)O. The number of carboxylic acids is 1. The highest BCUT2D eigenvalue weighted by atomic mass is 16.4. The lowest BCUT2D eigenvalue weighted by atomic mass is 9.97. The summed E-state index contributed by atoms with van der Waals surface area (Å²) in [4.78, 5) is 35.6. The average Bonchev–Trinajstić information content (AvgIpc) is 2.23. The van der Waals surface area contributed by atoms with E-state index in [4.69, 9.17) is 5.11 Å². The van der Waals surface area contributed by atoms with Crippen molar-refractivity contribution in [3.8, 4) is 0 Å². The van der Waals surface area contributed by atoms with Gasteiger partial charge in [-0.05, 0) is 18.8 Å². The molecule has 0 aromatic heterocycles. The smallest absolute Gasteiger partial charge is 0.310 e. The van der Waals surface area contributed by atoms with Crippen LogP contribution in [0.15, 0.2) is 0 Å². The van der Waals surface area contributed by atoms with Crippen LogP contribution in [0, 0.1) is 5.92 Å². The summed E-state index contributed by atoms with van der Waals surface area (Å²) in [5, 5.41) is 8.67. The lowest BCUT2D eigenvalue weighted by Gasteiger charge is -2.28. The van der Waals surface area contributed by atoms with Gasteiger partial charge in [0.1, 0.15) is 6.42 Å². The zero-order chi connectivity index (χ0) is 14.3. The molecule has 0 rings (SSSR count). The second kappa shape index (κ2) is 7.84. The van der Waals surface area contributed by atoms with Gasteiger partial charge in [-0.1, -0.05) is 20.8 Å². The van der Waals surface area contributed by atoms with Gasteiger partial charge in [0.25, 0.3) is 0 Å². The van der Waals surface area contributed by atoms with Crippen LogP contribution in [0.5, 0.6) is 0 Å². The van der Waals surface area contributed by atoms with Crippen molar-refractivity contribution < 1.29 is 19.5 Å². The van der Waals surface area contributed by atoms with E-state index >= 15 is 0 Å². The Morgan fingerprint density at radius 3 is 2.17 bits per heavy atom. The average molecular weight is 257 g/mol. The second-order valence-corrected chi connectivity index (χ2v) is 4.94. The van der Waals surface area contributed by atoms with Crippen LogP contribution in [0.25, 0.3) is 0 Å². The van der Waals surface area contributed by atoms with Crippen LogP contribution in [0.3, 0.4) is 0 Å². The van der Waals surface area contributed by atoms with Crippen molar-refractivity contribution in [3.63, 3.8) is 0 Å². The molecule has 0 bridgehead atoms. The molecule has 5 heteroatoms. The van der Waals surface area contributed by atoms with Crippen molar-refractivity contribution in [2.45, 2.75) is 52.5 Å². The van der Waals surface area contributed by atoms with Gasteiger partial charge in [-0.15, -0.1) is 0 Å². The van der Waals surface area contributed by atoms with Crippen LogP contribution in [-0.2, 0) is 14.4 Å². The highest BCUT2D eigenvalue weighted by molar-refractivity contribution is 5.99. The summed E-state index contributed by atoms with van der Waals surface area (Å²) in [6.45, 7) is 5.78. The molecule has 0 saturated carbocycles. The number of amides is 1. The molecule has 0 heterocycles. The van der Waals surface area contributed by atoms with Crippen LogP contribution in [-0.4, -0.2) is 40.8 Å². The molecule has 0 aliphatic rings. The van der Waals surface area contributed by atoms with Crippen molar-refractivity contribution in [1.82, 2.24) is 4.90 Å². The zero-order valence-electron chi connectivity index (χ0n) is 11.6. The lowest BCUT2D eigenvalue weighted by molar-refractivity contribution is -0.145. The van der Waals surface area contributed by atoms with Crippen molar-refractivity contribution >= 4 is 17.7 Å². The van der Waals surface area contributed by atoms with Gasteiger partial charge >= 0.3 is 5.97 Å².